The minimum absolute atomic E-state index is 0.0463. The molecule has 0 saturated heterocycles. The highest BCUT2D eigenvalue weighted by Crippen LogP contribution is 2.21. The number of aromatic nitrogens is 5. The van der Waals surface area contributed by atoms with E-state index in [1.165, 1.54) is 0 Å². The fourth-order valence-corrected chi connectivity index (χ4v) is 3.85. The van der Waals surface area contributed by atoms with Gasteiger partial charge in [-0.1, -0.05) is 11.2 Å². The minimum Gasteiger partial charge on any atom is -0.483 e. The number of imidazole rings is 1. The van der Waals surface area contributed by atoms with Gasteiger partial charge in [0.15, 0.2) is 5.69 Å². The topological polar surface area (TPSA) is 159 Å². The molecule has 4 aromatic rings. The van der Waals surface area contributed by atoms with Crippen LogP contribution < -0.4 is 5.32 Å². The molecule has 0 bridgehead atoms. The Morgan fingerprint density at radius 3 is 2.94 bits per heavy atom. The van der Waals surface area contributed by atoms with Crippen molar-refractivity contribution in [2.75, 3.05) is 6.54 Å². The molecule has 0 fully saturated rings. The summed E-state index contributed by atoms with van der Waals surface area (Å²) in [7, 11) is 0. The van der Waals surface area contributed by atoms with Crippen molar-refractivity contribution >= 4 is 23.9 Å². The Hall–Kier alpha value is -4.48. The van der Waals surface area contributed by atoms with Crippen LogP contribution in [-0.4, -0.2) is 59.6 Å². The van der Waals surface area contributed by atoms with Gasteiger partial charge in [-0.25, -0.2) is 4.98 Å². The van der Waals surface area contributed by atoms with E-state index >= 15 is 0 Å². The van der Waals surface area contributed by atoms with Gasteiger partial charge in [-0.15, -0.1) is 0 Å². The van der Waals surface area contributed by atoms with E-state index in [0.29, 0.717) is 37.5 Å². The smallest absolute Gasteiger partial charge is 0.290 e. The summed E-state index contributed by atoms with van der Waals surface area (Å²) in [4.78, 5) is 39.8. The van der Waals surface area contributed by atoms with Crippen molar-refractivity contribution in [1.82, 2.24) is 35.0 Å². The van der Waals surface area contributed by atoms with Crippen LogP contribution in [0.15, 0.2) is 41.2 Å². The summed E-state index contributed by atoms with van der Waals surface area (Å²) in [6.07, 6.45) is 4.38. The Balaban J connectivity index is 0.000000868. The Bertz CT molecular complexity index is 1320. The first-order valence-corrected chi connectivity index (χ1v) is 10.5. The number of nitrogens with zero attached hydrogens (tertiary/aromatic N) is 5. The normalized spacial score (nSPS) is 12.6. The summed E-state index contributed by atoms with van der Waals surface area (Å²) in [5.74, 6) is 0.251. The molecule has 12 nitrogen and oxygen atoms in total. The summed E-state index contributed by atoms with van der Waals surface area (Å²) in [5, 5.41) is 20.8. The Kier molecular flexibility index (Phi) is 6.67. The largest absolute Gasteiger partial charge is 0.483 e. The molecule has 0 saturated carbocycles. The van der Waals surface area contributed by atoms with Gasteiger partial charge in [0.05, 0.1) is 42.8 Å². The molecule has 12 heteroatoms. The number of H-pyrrole nitrogens is 1. The monoisotopic (exact) mass is 465 g/mol. The van der Waals surface area contributed by atoms with Crippen molar-refractivity contribution in [3.63, 3.8) is 0 Å². The van der Waals surface area contributed by atoms with E-state index in [2.05, 4.69) is 25.7 Å². The molecule has 0 spiro atoms. The standard InChI is InChI=1S/C21H21N7O3.CH2O2/c1-13-8-15(31-26-13)9-19(29)27-7-5-16-17(12-27)24-25-20(16)21(30)23-11-14-10-22-18-4-2-3-6-28(14)18;2-1-3/h2-4,6,8,10H,5,7,9,11-12H2,1H3,(H,23,30)(H,24,25);1H,(H,2,3). The van der Waals surface area contributed by atoms with Gasteiger partial charge in [-0.3, -0.25) is 19.5 Å². The number of carbonyl (C=O) groups excluding carboxylic acids is 2. The second-order valence-electron chi connectivity index (χ2n) is 7.67. The van der Waals surface area contributed by atoms with E-state index in [0.717, 1.165) is 28.3 Å². The van der Waals surface area contributed by atoms with Crippen molar-refractivity contribution in [1.29, 1.82) is 0 Å². The second-order valence-corrected chi connectivity index (χ2v) is 7.67. The molecule has 0 radical (unpaired) electrons. The highest BCUT2D eigenvalue weighted by Gasteiger charge is 2.28. The van der Waals surface area contributed by atoms with Crippen molar-refractivity contribution in [2.45, 2.75) is 32.9 Å². The van der Waals surface area contributed by atoms with Crippen LogP contribution in [-0.2, 0) is 35.5 Å². The molecule has 34 heavy (non-hydrogen) atoms. The average molecular weight is 465 g/mol. The third kappa shape index (κ3) is 4.80. The molecule has 1 aliphatic rings. The van der Waals surface area contributed by atoms with Crippen LogP contribution in [0.3, 0.4) is 0 Å². The van der Waals surface area contributed by atoms with Crippen molar-refractivity contribution in [3.05, 3.63) is 70.8 Å². The second kappa shape index (κ2) is 9.98. The molecule has 176 valence electrons. The van der Waals surface area contributed by atoms with Crippen LogP contribution >= 0.6 is 0 Å². The van der Waals surface area contributed by atoms with E-state index in [9.17, 15) is 9.59 Å². The summed E-state index contributed by atoms with van der Waals surface area (Å²) in [5.41, 5.74) is 4.48. The minimum atomic E-state index is -0.250. The predicted molar refractivity (Wildman–Crippen MR) is 118 cm³/mol. The van der Waals surface area contributed by atoms with Gasteiger partial charge in [-0.2, -0.15) is 5.10 Å². The molecule has 0 aliphatic carbocycles. The zero-order valence-electron chi connectivity index (χ0n) is 18.4. The zero-order valence-corrected chi connectivity index (χ0v) is 18.4. The van der Waals surface area contributed by atoms with Gasteiger partial charge < -0.3 is 24.2 Å². The van der Waals surface area contributed by atoms with Gasteiger partial charge in [0.25, 0.3) is 12.4 Å². The first-order valence-electron chi connectivity index (χ1n) is 10.5. The molecule has 0 aromatic carbocycles. The van der Waals surface area contributed by atoms with Crippen LogP contribution in [0.2, 0.25) is 0 Å². The number of carboxylic acid groups (broad SMARTS) is 1. The van der Waals surface area contributed by atoms with Crippen molar-refractivity contribution in [2.24, 2.45) is 0 Å². The lowest BCUT2D eigenvalue weighted by atomic mass is 10.0. The maximum atomic E-state index is 12.7. The first kappa shape index (κ1) is 22.7. The molecule has 1 aliphatic heterocycles. The zero-order chi connectivity index (χ0) is 24.1. The van der Waals surface area contributed by atoms with E-state index in [1.807, 2.05) is 35.7 Å². The summed E-state index contributed by atoms with van der Waals surface area (Å²) >= 11 is 0. The molecule has 0 atom stereocenters. The first-order chi connectivity index (χ1) is 16.5. The summed E-state index contributed by atoms with van der Waals surface area (Å²) < 4.78 is 7.07. The number of carbonyl (C=O) groups is 3. The molecule has 3 N–H and O–H groups in total. The lowest BCUT2D eigenvalue weighted by Gasteiger charge is -2.26. The van der Waals surface area contributed by atoms with Crippen molar-refractivity contribution < 1.29 is 24.0 Å². The number of pyridine rings is 1. The van der Waals surface area contributed by atoms with E-state index in [1.54, 1.807) is 17.2 Å². The highest BCUT2D eigenvalue weighted by molar-refractivity contribution is 5.94. The number of hydrogen-bond donors (Lipinski definition) is 3. The third-order valence-corrected chi connectivity index (χ3v) is 5.43. The lowest BCUT2D eigenvalue weighted by Crippen LogP contribution is -2.37. The number of aromatic amines is 1. The Morgan fingerprint density at radius 1 is 1.35 bits per heavy atom. The number of nitrogens with one attached hydrogen (secondary N) is 2. The Labute approximate surface area is 193 Å². The molecule has 5 rings (SSSR count). The molecule has 4 aromatic heterocycles. The quantitative estimate of drug-likeness (QED) is 0.370. The number of fused-ring (bicyclic) bond motifs is 2. The molecule has 2 amide bonds. The lowest BCUT2D eigenvalue weighted by molar-refractivity contribution is -0.131. The maximum Gasteiger partial charge on any atom is 0.290 e. The van der Waals surface area contributed by atoms with E-state index < -0.39 is 0 Å². The third-order valence-electron chi connectivity index (χ3n) is 5.43. The van der Waals surface area contributed by atoms with Crippen LogP contribution in [0.4, 0.5) is 0 Å². The van der Waals surface area contributed by atoms with E-state index in [4.69, 9.17) is 14.4 Å². The maximum absolute atomic E-state index is 12.7. The predicted octanol–water partition coefficient (Wildman–Crippen LogP) is 1.11. The molecule has 0 unspecified atom stereocenters. The van der Waals surface area contributed by atoms with Gasteiger partial charge in [-0.05, 0) is 25.5 Å². The number of aryl methyl sites for hydroxylation is 1. The average Bonchev–Trinajstić information content (AvgIpc) is 3.56. The van der Waals surface area contributed by atoms with Gasteiger partial charge in [0, 0.05) is 24.4 Å². The SMILES string of the molecule is Cc1cc(CC(=O)N2CCc3c(C(=O)NCc4cnc5ccccn45)n[nH]c3C2)on1.O=CO. The summed E-state index contributed by atoms with van der Waals surface area (Å²) in [6, 6.07) is 7.50. The van der Waals surface area contributed by atoms with Crippen LogP contribution in [0.25, 0.3) is 5.65 Å². The molecular weight excluding hydrogens is 442 g/mol. The summed E-state index contributed by atoms with van der Waals surface area (Å²) in [6.45, 7) is 2.81. The van der Waals surface area contributed by atoms with Crippen LogP contribution in [0.1, 0.15) is 38.9 Å². The van der Waals surface area contributed by atoms with Gasteiger partial charge in [0.1, 0.15) is 11.4 Å². The van der Waals surface area contributed by atoms with Crippen molar-refractivity contribution in [3.8, 4) is 0 Å². The van der Waals surface area contributed by atoms with Gasteiger partial charge >= 0.3 is 0 Å². The van der Waals surface area contributed by atoms with E-state index in [-0.39, 0.29) is 24.7 Å². The molecular formula is C22H23N7O5. The fraction of sp³-hybridized carbons (Fsp3) is 0.273. The highest BCUT2D eigenvalue weighted by atomic mass is 16.5. The molecule has 5 heterocycles. The number of rotatable bonds is 5. The fourth-order valence-electron chi connectivity index (χ4n) is 3.85. The van der Waals surface area contributed by atoms with Crippen LogP contribution in [0, 0.1) is 6.92 Å². The number of hydrogen-bond acceptors (Lipinski definition) is 7. The van der Waals surface area contributed by atoms with Crippen LogP contribution in [0.5, 0.6) is 0 Å². The van der Waals surface area contributed by atoms with Gasteiger partial charge in [0.2, 0.25) is 5.91 Å². The Morgan fingerprint density at radius 2 is 2.18 bits per heavy atom. The number of amides is 2.